The maximum Gasteiger partial charge on any atom is 0.266 e. The summed E-state index contributed by atoms with van der Waals surface area (Å²) in [5, 5.41) is 5.94. The highest BCUT2D eigenvalue weighted by Crippen LogP contribution is 2.35. The van der Waals surface area contributed by atoms with Gasteiger partial charge in [-0.3, -0.25) is 14.7 Å². The second-order valence-electron chi connectivity index (χ2n) is 6.22. The molecule has 0 unspecified atom stereocenters. The van der Waals surface area contributed by atoms with Crippen molar-refractivity contribution in [2.45, 2.75) is 25.0 Å². The Morgan fingerprint density at radius 3 is 2.93 bits per heavy atom. The van der Waals surface area contributed by atoms with Crippen molar-refractivity contribution in [1.82, 2.24) is 24.9 Å². The molecule has 27 heavy (non-hydrogen) atoms. The molecule has 10 heteroatoms. The lowest BCUT2D eigenvalue weighted by Gasteiger charge is -2.09. The van der Waals surface area contributed by atoms with E-state index in [0.717, 1.165) is 5.56 Å². The van der Waals surface area contributed by atoms with Crippen molar-refractivity contribution >= 4 is 23.3 Å². The molecule has 4 rings (SSSR count). The third kappa shape index (κ3) is 3.61. The Morgan fingerprint density at radius 1 is 1.30 bits per heavy atom. The molecule has 3 aromatic rings. The molecule has 2 N–H and O–H groups in total. The Morgan fingerprint density at radius 2 is 2.11 bits per heavy atom. The third-order valence-electron chi connectivity index (χ3n) is 3.74. The van der Waals surface area contributed by atoms with Crippen LogP contribution in [0.25, 0.3) is 17.0 Å². The van der Waals surface area contributed by atoms with Crippen LogP contribution < -0.4 is 20.3 Å². The summed E-state index contributed by atoms with van der Waals surface area (Å²) in [5.41, 5.74) is 0.860. The molecule has 1 aromatic carbocycles. The minimum Gasteiger partial charge on any atom is -0.454 e. The van der Waals surface area contributed by atoms with Gasteiger partial charge in [0.2, 0.25) is 12.7 Å². The zero-order valence-corrected chi connectivity index (χ0v) is 15.5. The summed E-state index contributed by atoms with van der Waals surface area (Å²) in [7, 11) is 0. The Balaban J connectivity index is 1.70. The first kappa shape index (κ1) is 17.4. The van der Waals surface area contributed by atoms with Gasteiger partial charge in [0, 0.05) is 17.7 Å². The normalized spacial score (nSPS) is 12.7. The molecule has 140 valence electrons. The lowest BCUT2D eigenvalue weighted by atomic mass is 10.2. The monoisotopic (exact) mass is 387 g/mol. The minimum atomic E-state index is -0.291. The molecule has 9 nitrogen and oxygen atoms in total. The van der Waals surface area contributed by atoms with E-state index in [4.69, 9.17) is 9.47 Å². The predicted octanol–water partition coefficient (Wildman–Crippen LogP) is 1.43. The third-order valence-corrected chi connectivity index (χ3v) is 4.68. The van der Waals surface area contributed by atoms with Gasteiger partial charge in [0.1, 0.15) is 0 Å². The zero-order valence-electron chi connectivity index (χ0n) is 14.7. The van der Waals surface area contributed by atoms with Crippen LogP contribution >= 0.6 is 11.8 Å². The first-order valence-electron chi connectivity index (χ1n) is 8.31. The average molecular weight is 387 g/mol. The summed E-state index contributed by atoms with van der Waals surface area (Å²) >= 11 is 1.22. The van der Waals surface area contributed by atoms with Crippen LogP contribution in [-0.4, -0.2) is 44.1 Å². The van der Waals surface area contributed by atoms with Crippen molar-refractivity contribution in [2.75, 3.05) is 12.5 Å². The molecular weight excluding hydrogens is 370 g/mol. The van der Waals surface area contributed by atoms with Gasteiger partial charge in [-0.05, 0) is 32.0 Å². The van der Waals surface area contributed by atoms with E-state index < -0.39 is 0 Å². The second kappa shape index (κ2) is 6.95. The van der Waals surface area contributed by atoms with Crippen molar-refractivity contribution < 1.29 is 14.3 Å². The lowest BCUT2D eigenvalue weighted by Crippen LogP contribution is -2.31. The van der Waals surface area contributed by atoms with Crippen LogP contribution in [0.2, 0.25) is 0 Å². The van der Waals surface area contributed by atoms with Gasteiger partial charge in [-0.15, -0.1) is 0 Å². The predicted molar refractivity (Wildman–Crippen MR) is 99.2 cm³/mol. The van der Waals surface area contributed by atoms with Gasteiger partial charge in [-0.1, -0.05) is 11.8 Å². The number of thioether (sulfide) groups is 1. The van der Waals surface area contributed by atoms with Gasteiger partial charge in [0.15, 0.2) is 28.1 Å². The van der Waals surface area contributed by atoms with E-state index in [1.807, 2.05) is 19.9 Å². The van der Waals surface area contributed by atoms with Crippen LogP contribution in [0.1, 0.15) is 13.8 Å². The first-order chi connectivity index (χ1) is 13.0. The number of carbonyl (C=O) groups excluding carboxylic acids is 1. The smallest absolute Gasteiger partial charge is 0.266 e. The summed E-state index contributed by atoms with van der Waals surface area (Å²) in [5.74, 6) is 1.77. The van der Waals surface area contributed by atoms with E-state index in [9.17, 15) is 9.59 Å². The molecule has 0 fully saturated rings. The Labute approximate surface area is 158 Å². The van der Waals surface area contributed by atoms with E-state index in [1.165, 1.54) is 22.3 Å². The summed E-state index contributed by atoms with van der Waals surface area (Å²) in [6.07, 6.45) is 0. The topological polar surface area (TPSA) is 111 Å². The maximum atomic E-state index is 12.0. The Kier molecular flexibility index (Phi) is 4.48. The summed E-state index contributed by atoms with van der Waals surface area (Å²) in [4.78, 5) is 32.7. The molecule has 1 aliphatic heterocycles. The highest BCUT2D eigenvalue weighted by Gasteiger charge is 2.17. The number of amides is 1. The summed E-state index contributed by atoms with van der Waals surface area (Å²) in [6.45, 7) is 3.97. The van der Waals surface area contributed by atoms with Crippen LogP contribution in [0.3, 0.4) is 0 Å². The highest BCUT2D eigenvalue weighted by molar-refractivity contribution is 7.99. The molecule has 0 spiro atoms. The molecule has 2 aromatic heterocycles. The van der Waals surface area contributed by atoms with Gasteiger partial charge >= 0.3 is 0 Å². The fraction of sp³-hybridized carbons (Fsp3) is 0.294. The van der Waals surface area contributed by atoms with Gasteiger partial charge in [-0.2, -0.15) is 0 Å². The number of ether oxygens (including phenoxy) is 2. The maximum absolute atomic E-state index is 12.0. The fourth-order valence-corrected chi connectivity index (χ4v) is 3.40. The van der Waals surface area contributed by atoms with E-state index in [1.54, 1.807) is 12.1 Å². The van der Waals surface area contributed by atoms with Crippen molar-refractivity contribution in [3.63, 3.8) is 0 Å². The van der Waals surface area contributed by atoms with E-state index in [2.05, 4.69) is 20.4 Å². The number of H-pyrrole nitrogens is 1. The summed E-state index contributed by atoms with van der Waals surface area (Å²) < 4.78 is 12.2. The lowest BCUT2D eigenvalue weighted by molar-refractivity contribution is -0.119. The van der Waals surface area contributed by atoms with Crippen LogP contribution in [0.4, 0.5) is 0 Å². The molecule has 0 saturated heterocycles. The average Bonchev–Trinajstić information content (AvgIpc) is 3.23. The Hall–Kier alpha value is -3.01. The van der Waals surface area contributed by atoms with Crippen molar-refractivity contribution in [1.29, 1.82) is 0 Å². The molecular formula is C17H17N5O4S. The molecule has 0 radical (unpaired) electrons. The molecule has 0 bridgehead atoms. The number of hydrogen-bond acceptors (Lipinski definition) is 7. The zero-order chi connectivity index (χ0) is 19.0. The quantitative estimate of drug-likeness (QED) is 0.637. The van der Waals surface area contributed by atoms with E-state index >= 15 is 0 Å². The van der Waals surface area contributed by atoms with Gasteiger partial charge < -0.3 is 14.8 Å². The number of nitrogens with zero attached hydrogens (tertiary/aromatic N) is 3. The van der Waals surface area contributed by atoms with E-state index in [-0.39, 0.29) is 30.1 Å². The number of aromatic nitrogens is 4. The van der Waals surface area contributed by atoms with Crippen LogP contribution in [0.15, 0.2) is 34.2 Å². The standard InChI is InChI=1S/C17H17N5O4S/c1-9(2)18-15(24)7-27-17-20-16(19-13-6-14(23)21-22(13)17)10-3-4-11-12(5-10)26-8-25-11/h3-6,9H,7-8H2,1-2H3,(H,18,24)(H,21,23). The largest absolute Gasteiger partial charge is 0.454 e. The minimum absolute atomic E-state index is 0.0547. The van der Waals surface area contributed by atoms with Crippen LogP contribution in [0, 0.1) is 0 Å². The summed E-state index contributed by atoms with van der Waals surface area (Å²) in [6, 6.07) is 6.84. The number of aromatic amines is 1. The van der Waals surface area contributed by atoms with Crippen molar-refractivity contribution in [2.24, 2.45) is 0 Å². The SMILES string of the molecule is CC(C)NC(=O)CSc1nc(-c2ccc3c(c2)OCO3)nc2cc(=O)[nH]n12. The highest BCUT2D eigenvalue weighted by atomic mass is 32.2. The fourth-order valence-electron chi connectivity index (χ4n) is 2.64. The number of hydrogen-bond donors (Lipinski definition) is 2. The second-order valence-corrected chi connectivity index (χ2v) is 7.17. The van der Waals surface area contributed by atoms with Crippen molar-refractivity contribution in [3.05, 3.63) is 34.6 Å². The van der Waals surface area contributed by atoms with Gasteiger partial charge in [0.05, 0.1) is 5.75 Å². The molecule has 1 aliphatic rings. The molecule has 0 atom stereocenters. The number of fused-ring (bicyclic) bond motifs is 2. The van der Waals surface area contributed by atoms with Gasteiger partial charge in [-0.25, -0.2) is 14.5 Å². The number of nitrogens with one attached hydrogen (secondary N) is 2. The Bertz CT molecular complexity index is 1070. The number of carbonyl (C=O) groups is 1. The molecule has 1 amide bonds. The molecule has 0 saturated carbocycles. The van der Waals surface area contributed by atoms with Crippen LogP contribution in [0.5, 0.6) is 11.5 Å². The van der Waals surface area contributed by atoms with Crippen LogP contribution in [-0.2, 0) is 4.79 Å². The van der Waals surface area contributed by atoms with E-state index in [0.29, 0.717) is 28.1 Å². The van der Waals surface area contributed by atoms with Crippen molar-refractivity contribution in [3.8, 4) is 22.9 Å². The molecule has 0 aliphatic carbocycles. The van der Waals surface area contributed by atoms with Gasteiger partial charge in [0.25, 0.3) is 5.56 Å². The number of rotatable bonds is 5. The number of benzene rings is 1. The molecule has 3 heterocycles. The first-order valence-corrected chi connectivity index (χ1v) is 9.30.